The van der Waals surface area contributed by atoms with Crippen LogP contribution in [-0.4, -0.2) is 5.91 Å². The topological polar surface area (TPSA) is 43.1 Å². The summed E-state index contributed by atoms with van der Waals surface area (Å²) in [7, 11) is 0. The van der Waals surface area contributed by atoms with Gasteiger partial charge >= 0.3 is 0 Å². The van der Waals surface area contributed by atoms with Crippen molar-refractivity contribution in [2.75, 3.05) is 0 Å². The standard InChI is InChI=1S/C8H11NO/c9-8(10)7-5-3-1-2-4-6(5)7/h1,3,5-7H,2,4H2,(H2,9,10). The van der Waals surface area contributed by atoms with Crippen molar-refractivity contribution in [1.29, 1.82) is 0 Å². The van der Waals surface area contributed by atoms with Crippen LogP contribution in [0.15, 0.2) is 12.2 Å². The van der Waals surface area contributed by atoms with Crippen molar-refractivity contribution in [1.82, 2.24) is 0 Å². The number of primary amides is 1. The molecule has 0 aliphatic heterocycles. The molecule has 0 heterocycles. The lowest BCUT2D eigenvalue weighted by molar-refractivity contribution is -0.119. The first-order valence-corrected chi connectivity index (χ1v) is 3.76. The van der Waals surface area contributed by atoms with Gasteiger partial charge in [-0.05, 0) is 24.7 Å². The van der Waals surface area contributed by atoms with Crippen LogP contribution in [0.1, 0.15) is 12.8 Å². The van der Waals surface area contributed by atoms with Gasteiger partial charge in [-0.2, -0.15) is 0 Å². The van der Waals surface area contributed by atoms with Crippen LogP contribution < -0.4 is 5.73 Å². The van der Waals surface area contributed by atoms with E-state index in [0.717, 1.165) is 12.8 Å². The number of rotatable bonds is 1. The van der Waals surface area contributed by atoms with E-state index < -0.39 is 0 Å². The molecule has 0 spiro atoms. The van der Waals surface area contributed by atoms with Crippen molar-refractivity contribution in [3.8, 4) is 0 Å². The molecule has 0 bridgehead atoms. The van der Waals surface area contributed by atoms with E-state index in [1.807, 2.05) is 0 Å². The molecule has 2 N–H and O–H groups in total. The molecular formula is C8H11NO. The van der Waals surface area contributed by atoms with Crippen LogP contribution in [0.25, 0.3) is 0 Å². The molecule has 2 heteroatoms. The Labute approximate surface area is 60.1 Å². The van der Waals surface area contributed by atoms with Gasteiger partial charge in [-0.1, -0.05) is 12.2 Å². The van der Waals surface area contributed by atoms with Crippen LogP contribution >= 0.6 is 0 Å². The number of hydrogen-bond acceptors (Lipinski definition) is 1. The minimum absolute atomic E-state index is 0.110. The number of amides is 1. The second-order valence-corrected chi connectivity index (χ2v) is 3.17. The van der Waals surface area contributed by atoms with Crippen molar-refractivity contribution in [2.24, 2.45) is 23.5 Å². The van der Waals surface area contributed by atoms with Crippen molar-refractivity contribution in [2.45, 2.75) is 12.8 Å². The molecule has 2 aliphatic carbocycles. The number of nitrogens with two attached hydrogens (primary N) is 1. The van der Waals surface area contributed by atoms with Gasteiger partial charge in [0.15, 0.2) is 0 Å². The molecule has 2 nitrogen and oxygen atoms in total. The molecule has 0 aromatic carbocycles. The summed E-state index contributed by atoms with van der Waals surface area (Å²) in [6, 6.07) is 0. The average Bonchev–Trinajstić information content (AvgIpc) is 2.60. The first-order chi connectivity index (χ1) is 4.80. The third-order valence-corrected chi connectivity index (χ3v) is 2.58. The van der Waals surface area contributed by atoms with Gasteiger partial charge in [-0.3, -0.25) is 4.79 Å². The number of allylic oxidation sites excluding steroid dienone is 2. The van der Waals surface area contributed by atoms with Crippen molar-refractivity contribution in [3.05, 3.63) is 12.2 Å². The molecule has 1 amide bonds. The Morgan fingerprint density at radius 2 is 2.40 bits per heavy atom. The van der Waals surface area contributed by atoms with Gasteiger partial charge in [0, 0.05) is 5.92 Å². The molecular weight excluding hydrogens is 126 g/mol. The molecule has 3 atom stereocenters. The first kappa shape index (κ1) is 5.96. The van der Waals surface area contributed by atoms with E-state index in [1.165, 1.54) is 0 Å². The maximum Gasteiger partial charge on any atom is 0.221 e. The lowest BCUT2D eigenvalue weighted by Crippen LogP contribution is -2.14. The minimum atomic E-state index is -0.110. The van der Waals surface area contributed by atoms with Crippen molar-refractivity contribution in [3.63, 3.8) is 0 Å². The molecule has 0 aromatic heterocycles. The van der Waals surface area contributed by atoms with Gasteiger partial charge in [-0.15, -0.1) is 0 Å². The Hall–Kier alpha value is -0.790. The predicted octanol–water partition coefficient (Wildman–Crippen LogP) is 0.684. The highest BCUT2D eigenvalue weighted by Crippen LogP contribution is 2.52. The monoisotopic (exact) mass is 137 g/mol. The third-order valence-electron chi connectivity index (χ3n) is 2.58. The summed E-state index contributed by atoms with van der Waals surface area (Å²) in [4.78, 5) is 10.7. The average molecular weight is 137 g/mol. The third kappa shape index (κ3) is 0.681. The lowest BCUT2D eigenvalue weighted by atomic mass is 10.1. The normalized spacial score (nSPS) is 42.6. The van der Waals surface area contributed by atoms with Gasteiger partial charge in [0.1, 0.15) is 0 Å². The zero-order valence-electron chi connectivity index (χ0n) is 5.79. The van der Waals surface area contributed by atoms with Gasteiger partial charge in [0.2, 0.25) is 5.91 Å². The largest absolute Gasteiger partial charge is 0.369 e. The summed E-state index contributed by atoms with van der Waals surface area (Å²) < 4.78 is 0. The van der Waals surface area contributed by atoms with E-state index in [9.17, 15) is 4.79 Å². The Morgan fingerprint density at radius 3 is 2.90 bits per heavy atom. The van der Waals surface area contributed by atoms with Gasteiger partial charge < -0.3 is 5.73 Å². The van der Waals surface area contributed by atoms with Gasteiger partial charge in [0.25, 0.3) is 0 Å². The molecule has 0 radical (unpaired) electrons. The Kier molecular flexibility index (Phi) is 1.10. The summed E-state index contributed by atoms with van der Waals surface area (Å²) in [5.74, 6) is 1.18. The molecule has 10 heavy (non-hydrogen) atoms. The summed E-state index contributed by atoms with van der Waals surface area (Å²) in [6.45, 7) is 0. The van der Waals surface area contributed by atoms with Crippen molar-refractivity contribution >= 4 is 5.91 Å². The number of carbonyl (C=O) groups is 1. The molecule has 2 rings (SSSR count). The second-order valence-electron chi connectivity index (χ2n) is 3.17. The van der Waals surface area contributed by atoms with E-state index in [1.54, 1.807) is 0 Å². The Bertz CT molecular complexity index is 197. The number of carbonyl (C=O) groups excluding carboxylic acids is 1. The molecule has 0 aromatic rings. The Morgan fingerprint density at radius 1 is 1.60 bits per heavy atom. The van der Waals surface area contributed by atoms with E-state index in [0.29, 0.717) is 11.8 Å². The number of fused-ring (bicyclic) bond motifs is 1. The molecule has 54 valence electrons. The predicted molar refractivity (Wildman–Crippen MR) is 38.0 cm³/mol. The fraction of sp³-hybridized carbons (Fsp3) is 0.625. The molecule has 3 unspecified atom stereocenters. The summed E-state index contributed by atoms with van der Waals surface area (Å²) in [5.41, 5.74) is 5.18. The summed E-state index contributed by atoms with van der Waals surface area (Å²) >= 11 is 0. The fourth-order valence-corrected chi connectivity index (χ4v) is 1.98. The van der Waals surface area contributed by atoms with Crippen LogP contribution in [0.4, 0.5) is 0 Å². The van der Waals surface area contributed by atoms with Crippen molar-refractivity contribution < 1.29 is 4.79 Å². The van der Waals surface area contributed by atoms with E-state index >= 15 is 0 Å². The summed E-state index contributed by atoms with van der Waals surface area (Å²) in [5, 5.41) is 0. The zero-order valence-corrected chi connectivity index (χ0v) is 5.79. The quantitative estimate of drug-likeness (QED) is 0.531. The van der Waals surface area contributed by atoms with Gasteiger partial charge in [0.05, 0.1) is 0 Å². The van der Waals surface area contributed by atoms with E-state index in [2.05, 4.69) is 12.2 Å². The highest BCUT2D eigenvalue weighted by molar-refractivity contribution is 5.81. The number of hydrogen-bond donors (Lipinski definition) is 1. The highest BCUT2D eigenvalue weighted by Gasteiger charge is 2.52. The molecule has 1 fully saturated rings. The fourth-order valence-electron chi connectivity index (χ4n) is 1.98. The van der Waals surface area contributed by atoms with Crippen LogP contribution in [0.2, 0.25) is 0 Å². The molecule has 1 saturated carbocycles. The van der Waals surface area contributed by atoms with E-state index in [4.69, 9.17) is 5.73 Å². The maximum atomic E-state index is 10.7. The zero-order chi connectivity index (χ0) is 7.14. The van der Waals surface area contributed by atoms with Crippen LogP contribution in [0.5, 0.6) is 0 Å². The van der Waals surface area contributed by atoms with Gasteiger partial charge in [-0.25, -0.2) is 0 Å². The summed E-state index contributed by atoms with van der Waals surface area (Å²) in [6.07, 6.45) is 6.59. The lowest BCUT2D eigenvalue weighted by Gasteiger charge is -1.96. The van der Waals surface area contributed by atoms with Crippen LogP contribution in [0.3, 0.4) is 0 Å². The second kappa shape index (κ2) is 1.84. The first-order valence-electron chi connectivity index (χ1n) is 3.76. The minimum Gasteiger partial charge on any atom is -0.369 e. The SMILES string of the molecule is NC(=O)C1C2C=CCCC21. The van der Waals surface area contributed by atoms with E-state index in [-0.39, 0.29) is 11.8 Å². The maximum absolute atomic E-state index is 10.7. The molecule has 2 aliphatic rings. The van der Waals surface area contributed by atoms with Crippen LogP contribution in [-0.2, 0) is 4.79 Å². The Balaban J connectivity index is 2.08. The van der Waals surface area contributed by atoms with Crippen LogP contribution in [0, 0.1) is 17.8 Å². The molecule has 0 saturated heterocycles. The highest BCUT2D eigenvalue weighted by atomic mass is 16.1. The smallest absolute Gasteiger partial charge is 0.221 e.